The number of hydrogen-bond acceptors (Lipinski definition) is 5. The molecule has 6 heteroatoms. The molecule has 0 aliphatic carbocycles. The summed E-state index contributed by atoms with van der Waals surface area (Å²) in [7, 11) is 6.90. The largest absolute Gasteiger partial charge is 0.493 e. The molecule has 134 valence electrons. The smallest absolute Gasteiger partial charge is 0.255 e. The normalized spacial score (nSPS) is 11.6. The molecule has 2 N–H and O–H groups in total. The molecule has 0 aliphatic rings. The van der Waals surface area contributed by atoms with Crippen LogP contribution >= 0.6 is 0 Å². The summed E-state index contributed by atoms with van der Waals surface area (Å²) in [6.45, 7) is 0.0977. The highest BCUT2D eigenvalue weighted by Crippen LogP contribution is 2.30. The summed E-state index contributed by atoms with van der Waals surface area (Å²) < 4.78 is 10.5. The maximum absolute atomic E-state index is 12.4. The van der Waals surface area contributed by atoms with Gasteiger partial charge in [0.2, 0.25) is 0 Å². The molecule has 0 fully saturated rings. The van der Waals surface area contributed by atoms with Crippen molar-refractivity contribution in [1.82, 2.24) is 5.32 Å². The van der Waals surface area contributed by atoms with Crippen molar-refractivity contribution in [1.29, 1.82) is 0 Å². The van der Waals surface area contributed by atoms with Crippen molar-refractivity contribution >= 4 is 11.6 Å². The van der Waals surface area contributed by atoms with Gasteiger partial charge in [-0.25, -0.2) is 0 Å². The summed E-state index contributed by atoms with van der Waals surface area (Å²) in [6, 6.07) is 12.6. The number of rotatable bonds is 7. The Morgan fingerprint density at radius 1 is 1.12 bits per heavy atom. The molecular formula is C19H24N2O4. The van der Waals surface area contributed by atoms with Crippen LogP contribution in [0.5, 0.6) is 11.5 Å². The number of carbonyl (C=O) groups is 1. The van der Waals surface area contributed by atoms with E-state index in [1.807, 2.05) is 43.3 Å². The first-order valence-electron chi connectivity index (χ1n) is 7.92. The van der Waals surface area contributed by atoms with Crippen LogP contribution in [0.4, 0.5) is 5.69 Å². The lowest BCUT2D eigenvalue weighted by atomic mass is 10.1. The highest BCUT2D eigenvalue weighted by Gasteiger charge is 2.17. The maximum Gasteiger partial charge on any atom is 0.255 e. The van der Waals surface area contributed by atoms with E-state index >= 15 is 0 Å². The quantitative estimate of drug-likeness (QED) is 0.806. The van der Waals surface area contributed by atoms with Crippen molar-refractivity contribution in [3.8, 4) is 11.5 Å². The van der Waals surface area contributed by atoms with Crippen molar-refractivity contribution in [3.05, 3.63) is 53.6 Å². The zero-order valence-electron chi connectivity index (χ0n) is 14.9. The summed E-state index contributed by atoms with van der Waals surface area (Å²) in [6.07, 6.45) is -0.795. The number of nitrogens with one attached hydrogen (secondary N) is 1. The lowest BCUT2D eigenvalue weighted by molar-refractivity contribution is 0.0912. The average molecular weight is 344 g/mol. The molecule has 0 bridgehead atoms. The third-order valence-corrected chi connectivity index (χ3v) is 3.90. The van der Waals surface area contributed by atoms with Gasteiger partial charge in [-0.05, 0) is 29.8 Å². The van der Waals surface area contributed by atoms with Gasteiger partial charge >= 0.3 is 0 Å². The van der Waals surface area contributed by atoms with E-state index in [1.54, 1.807) is 18.2 Å². The van der Waals surface area contributed by atoms with Gasteiger partial charge in [0.1, 0.15) is 0 Å². The Bertz CT molecular complexity index is 714. The Morgan fingerprint density at radius 2 is 1.80 bits per heavy atom. The second-order valence-corrected chi connectivity index (χ2v) is 5.75. The van der Waals surface area contributed by atoms with E-state index in [0.29, 0.717) is 17.1 Å². The molecule has 0 saturated carbocycles. The fraction of sp³-hybridized carbons (Fsp3) is 0.316. The molecule has 0 spiro atoms. The molecule has 1 atom stereocenters. The van der Waals surface area contributed by atoms with Crippen LogP contribution in [0.15, 0.2) is 42.5 Å². The first-order valence-corrected chi connectivity index (χ1v) is 7.92. The van der Waals surface area contributed by atoms with Crippen molar-refractivity contribution in [2.45, 2.75) is 6.10 Å². The molecule has 0 aliphatic heterocycles. The summed E-state index contributed by atoms with van der Waals surface area (Å²) >= 11 is 0. The number of para-hydroxylation sites is 1. The van der Waals surface area contributed by atoms with E-state index < -0.39 is 6.10 Å². The van der Waals surface area contributed by atoms with E-state index in [1.165, 1.54) is 14.2 Å². The van der Waals surface area contributed by atoms with Gasteiger partial charge in [0.05, 0.1) is 25.9 Å². The Kier molecular flexibility index (Phi) is 6.25. The highest BCUT2D eigenvalue weighted by molar-refractivity contribution is 5.97. The van der Waals surface area contributed by atoms with Gasteiger partial charge in [0, 0.05) is 26.3 Å². The fourth-order valence-corrected chi connectivity index (χ4v) is 2.46. The molecule has 0 saturated heterocycles. The number of aliphatic hydroxyl groups excluding tert-OH is 1. The number of amides is 1. The van der Waals surface area contributed by atoms with Crippen LogP contribution in [0.2, 0.25) is 0 Å². The first-order chi connectivity index (χ1) is 12.0. The molecule has 0 radical (unpaired) electrons. The predicted molar refractivity (Wildman–Crippen MR) is 97.6 cm³/mol. The van der Waals surface area contributed by atoms with E-state index in [4.69, 9.17) is 9.47 Å². The van der Waals surface area contributed by atoms with Crippen molar-refractivity contribution in [2.24, 2.45) is 0 Å². The van der Waals surface area contributed by atoms with Gasteiger partial charge in [0.15, 0.2) is 11.5 Å². The van der Waals surface area contributed by atoms with Gasteiger partial charge < -0.3 is 24.8 Å². The topological polar surface area (TPSA) is 71.0 Å². The number of carbonyl (C=O) groups excluding carboxylic acids is 1. The van der Waals surface area contributed by atoms with Crippen molar-refractivity contribution < 1.29 is 19.4 Å². The molecule has 1 unspecified atom stereocenters. The van der Waals surface area contributed by atoms with Crippen LogP contribution in [0.3, 0.4) is 0 Å². The van der Waals surface area contributed by atoms with Crippen LogP contribution in [0.25, 0.3) is 0 Å². The van der Waals surface area contributed by atoms with Gasteiger partial charge in [-0.2, -0.15) is 0 Å². The molecular weight excluding hydrogens is 320 g/mol. The lowest BCUT2D eigenvalue weighted by Gasteiger charge is -2.16. The summed E-state index contributed by atoms with van der Waals surface area (Å²) in [5.41, 5.74) is 2.14. The van der Waals surface area contributed by atoms with Crippen molar-refractivity contribution in [3.63, 3.8) is 0 Å². The number of hydrogen-bond donors (Lipinski definition) is 2. The Morgan fingerprint density at radius 3 is 2.36 bits per heavy atom. The number of anilines is 1. The number of benzene rings is 2. The Labute approximate surface area is 148 Å². The second kappa shape index (κ2) is 8.39. The lowest BCUT2D eigenvalue weighted by Crippen LogP contribution is -2.28. The van der Waals surface area contributed by atoms with Crippen LogP contribution < -0.4 is 19.7 Å². The van der Waals surface area contributed by atoms with Crippen LogP contribution in [0.1, 0.15) is 22.0 Å². The minimum absolute atomic E-state index is 0.0977. The molecule has 1 amide bonds. The zero-order valence-corrected chi connectivity index (χ0v) is 14.9. The average Bonchev–Trinajstić information content (AvgIpc) is 2.64. The number of nitrogens with zero attached hydrogens (tertiary/aromatic N) is 1. The SMILES string of the molecule is COc1cccc(C(=O)NCC(O)c2ccc(N(C)C)cc2)c1OC. The minimum atomic E-state index is -0.795. The van der Waals surface area contributed by atoms with Crippen LogP contribution in [0, 0.1) is 0 Å². The summed E-state index contributed by atoms with van der Waals surface area (Å²) in [5.74, 6) is 0.516. The molecule has 6 nitrogen and oxygen atoms in total. The third kappa shape index (κ3) is 4.42. The number of ether oxygens (including phenoxy) is 2. The maximum atomic E-state index is 12.4. The number of aliphatic hydroxyl groups is 1. The van der Waals surface area contributed by atoms with Crippen molar-refractivity contribution in [2.75, 3.05) is 39.8 Å². The van der Waals surface area contributed by atoms with E-state index in [0.717, 1.165) is 11.3 Å². The minimum Gasteiger partial charge on any atom is -0.493 e. The van der Waals surface area contributed by atoms with Gasteiger partial charge in [-0.15, -0.1) is 0 Å². The third-order valence-electron chi connectivity index (χ3n) is 3.90. The Hall–Kier alpha value is -2.73. The Balaban J connectivity index is 2.04. The zero-order chi connectivity index (χ0) is 18.4. The van der Waals surface area contributed by atoms with Crippen LogP contribution in [-0.2, 0) is 0 Å². The van der Waals surface area contributed by atoms with Gasteiger partial charge in [-0.3, -0.25) is 4.79 Å². The highest BCUT2D eigenvalue weighted by atomic mass is 16.5. The van der Waals surface area contributed by atoms with Gasteiger partial charge in [-0.1, -0.05) is 18.2 Å². The number of methoxy groups -OCH3 is 2. The summed E-state index contributed by atoms with van der Waals surface area (Å²) in [5, 5.41) is 13.0. The van der Waals surface area contributed by atoms with E-state index in [9.17, 15) is 9.90 Å². The summed E-state index contributed by atoms with van der Waals surface area (Å²) in [4.78, 5) is 14.4. The molecule has 25 heavy (non-hydrogen) atoms. The fourth-order valence-electron chi connectivity index (χ4n) is 2.46. The molecule has 2 aromatic rings. The molecule has 0 aromatic heterocycles. The molecule has 2 aromatic carbocycles. The first kappa shape index (κ1) is 18.6. The second-order valence-electron chi connectivity index (χ2n) is 5.75. The van der Waals surface area contributed by atoms with Crippen LogP contribution in [-0.4, -0.2) is 45.9 Å². The molecule has 0 heterocycles. The van der Waals surface area contributed by atoms with E-state index in [2.05, 4.69) is 5.32 Å². The predicted octanol–water partition coefficient (Wildman–Crippen LogP) is 2.23. The van der Waals surface area contributed by atoms with E-state index in [-0.39, 0.29) is 12.5 Å². The van der Waals surface area contributed by atoms with Gasteiger partial charge in [0.25, 0.3) is 5.91 Å². The standard InChI is InChI=1S/C19H24N2O4/c1-21(2)14-10-8-13(9-11-14)16(22)12-20-19(23)15-6-5-7-17(24-3)18(15)25-4/h5-11,16,22H,12H2,1-4H3,(H,20,23). The molecule has 2 rings (SSSR count). The monoisotopic (exact) mass is 344 g/mol.